The van der Waals surface area contributed by atoms with E-state index in [0.29, 0.717) is 32.7 Å². The number of alkyl halides is 6. The van der Waals surface area contributed by atoms with Crippen LogP contribution in [0.4, 0.5) is 26.3 Å². The molecule has 2 aliphatic rings. The van der Waals surface area contributed by atoms with E-state index in [1.165, 1.54) is 0 Å². The fourth-order valence-corrected chi connectivity index (χ4v) is 3.78. The second kappa shape index (κ2) is 18.5. The smallest absolute Gasteiger partial charge is 0.475 e. The number of hydrogen-bond donors (Lipinski definition) is 6. The monoisotopic (exact) mass is 638 g/mol. The predicted octanol–water partition coefficient (Wildman–Crippen LogP) is 1.72. The Hall–Kier alpha value is -4.00. The van der Waals surface area contributed by atoms with Crippen molar-refractivity contribution < 1.29 is 65.2 Å². The number of esters is 2. The Kier molecular flexibility index (Phi) is 16.8. The molecule has 2 heterocycles. The average molecular weight is 639 g/mol. The summed E-state index contributed by atoms with van der Waals surface area (Å²) in [4.78, 5) is 45.2. The Labute approximate surface area is 242 Å². The fraction of sp³-hybridized carbons (Fsp3) is 0.739. The molecule has 2 unspecified atom stereocenters. The number of halogens is 6. The van der Waals surface area contributed by atoms with E-state index in [1.54, 1.807) is 9.80 Å². The van der Waals surface area contributed by atoms with Gasteiger partial charge in [0.15, 0.2) is 11.9 Å². The first-order chi connectivity index (χ1) is 19.7. The zero-order chi connectivity index (χ0) is 33.4. The van der Waals surface area contributed by atoms with Gasteiger partial charge in [-0.1, -0.05) is 0 Å². The number of nitrogens with two attached hydrogens (primary N) is 2. The summed E-state index contributed by atoms with van der Waals surface area (Å²) in [7, 11) is 0. The first-order valence-corrected chi connectivity index (χ1v) is 12.8. The lowest BCUT2D eigenvalue weighted by Gasteiger charge is -2.32. The number of rotatable bonds is 8. The maximum Gasteiger partial charge on any atom is 0.490 e. The van der Waals surface area contributed by atoms with E-state index >= 15 is 0 Å². The van der Waals surface area contributed by atoms with Crippen LogP contribution in [0.3, 0.4) is 0 Å². The highest BCUT2D eigenvalue weighted by Gasteiger charge is 2.39. The molecule has 14 nitrogen and oxygen atoms in total. The molecule has 0 aliphatic carbocycles. The number of nitrogens with one attached hydrogen (secondary N) is 2. The summed E-state index contributed by atoms with van der Waals surface area (Å²) >= 11 is 0. The summed E-state index contributed by atoms with van der Waals surface area (Å²) in [5, 5.41) is 29.2. The number of carboxylic acid groups (broad SMARTS) is 2. The van der Waals surface area contributed by atoms with Crippen LogP contribution in [0, 0.1) is 22.7 Å². The summed E-state index contributed by atoms with van der Waals surface area (Å²) < 4.78 is 74.1. The van der Waals surface area contributed by atoms with Crippen molar-refractivity contribution in [3.8, 4) is 0 Å². The SMILES string of the molecule is N=C(N)N1CCCC(COC(=O)CCCC(=O)OCC2CCCN(C(=N)N)C2)C1.O=C(O)C(F)(F)F.O=C(O)C(F)(F)F. The molecule has 20 heteroatoms. The van der Waals surface area contributed by atoms with Crippen LogP contribution in [0.15, 0.2) is 0 Å². The van der Waals surface area contributed by atoms with Crippen LogP contribution in [0.2, 0.25) is 0 Å². The lowest BCUT2D eigenvalue weighted by molar-refractivity contribution is -0.193. The Morgan fingerprint density at radius 2 is 1.02 bits per heavy atom. The number of piperidine rings is 2. The van der Waals surface area contributed by atoms with Gasteiger partial charge in [-0.3, -0.25) is 20.4 Å². The van der Waals surface area contributed by atoms with Crippen LogP contribution >= 0.6 is 0 Å². The highest BCUT2D eigenvalue weighted by Crippen LogP contribution is 2.18. The van der Waals surface area contributed by atoms with Gasteiger partial charge in [-0.15, -0.1) is 0 Å². The van der Waals surface area contributed by atoms with E-state index in [-0.39, 0.29) is 48.5 Å². The van der Waals surface area contributed by atoms with Crippen LogP contribution in [-0.2, 0) is 28.7 Å². The van der Waals surface area contributed by atoms with Crippen LogP contribution < -0.4 is 11.5 Å². The number of guanidine groups is 2. The van der Waals surface area contributed by atoms with Gasteiger partial charge in [-0.05, 0) is 32.1 Å². The molecule has 2 saturated heterocycles. The summed E-state index contributed by atoms with van der Waals surface area (Å²) in [6.45, 7) is 3.46. The van der Waals surface area contributed by atoms with Crippen molar-refractivity contribution in [2.45, 2.75) is 57.3 Å². The van der Waals surface area contributed by atoms with Crippen molar-refractivity contribution >= 4 is 35.8 Å². The fourth-order valence-electron chi connectivity index (χ4n) is 3.78. The number of carbonyl (C=O) groups is 4. The molecule has 2 aliphatic heterocycles. The molecule has 43 heavy (non-hydrogen) atoms. The molecule has 0 bridgehead atoms. The first-order valence-electron chi connectivity index (χ1n) is 12.8. The summed E-state index contributed by atoms with van der Waals surface area (Å²) in [5.74, 6) is -5.66. The molecule has 0 spiro atoms. The molecule has 0 aromatic heterocycles. The van der Waals surface area contributed by atoms with Gasteiger partial charge in [0.05, 0.1) is 13.2 Å². The molecule has 2 fully saturated rings. The van der Waals surface area contributed by atoms with Gasteiger partial charge in [0, 0.05) is 50.9 Å². The maximum atomic E-state index is 11.9. The summed E-state index contributed by atoms with van der Waals surface area (Å²) in [5.41, 5.74) is 11.0. The number of carbonyl (C=O) groups excluding carboxylic acids is 2. The highest BCUT2D eigenvalue weighted by molar-refractivity contribution is 5.75. The lowest BCUT2D eigenvalue weighted by atomic mass is 9.99. The Bertz CT molecular complexity index is 892. The minimum atomic E-state index is -5.08. The van der Waals surface area contributed by atoms with Gasteiger partial charge < -0.3 is 41.0 Å². The van der Waals surface area contributed by atoms with Crippen LogP contribution in [0.5, 0.6) is 0 Å². The number of nitrogens with zero attached hydrogens (tertiary/aromatic N) is 2. The highest BCUT2D eigenvalue weighted by atomic mass is 19.4. The van der Waals surface area contributed by atoms with Crippen molar-refractivity contribution in [3.63, 3.8) is 0 Å². The van der Waals surface area contributed by atoms with Gasteiger partial charge >= 0.3 is 36.2 Å². The van der Waals surface area contributed by atoms with Crippen LogP contribution in [-0.4, -0.2) is 108 Å². The molecule has 0 radical (unpaired) electrons. The molecular formula is C23H36F6N6O8. The second-order valence-electron chi connectivity index (χ2n) is 9.50. The zero-order valence-electron chi connectivity index (χ0n) is 23.0. The van der Waals surface area contributed by atoms with E-state index in [4.69, 9.17) is 51.6 Å². The third-order valence-corrected chi connectivity index (χ3v) is 5.93. The Balaban J connectivity index is 0.00000104. The minimum absolute atomic E-state index is 0.0572. The van der Waals surface area contributed by atoms with E-state index < -0.39 is 24.3 Å². The molecule has 8 N–H and O–H groups in total. The van der Waals surface area contributed by atoms with E-state index in [1.807, 2.05) is 0 Å². The van der Waals surface area contributed by atoms with Gasteiger partial charge in [0.1, 0.15) is 0 Å². The average Bonchev–Trinajstić information content (AvgIpc) is 2.90. The number of ether oxygens (including phenoxy) is 2. The van der Waals surface area contributed by atoms with Gasteiger partial charge in [-0.25, -0.2) is 9.59 Å². The zero-order valence-corrected chi connectivity index (χ0v) is 23.0. The Morgan fingerprint density at radius 3 is 1.28 bits per heavy atom. The first kappa shape index (κ1) is 39.0. The molecule has 2 rings (SSSR count). The summed E-state index contributed by atoms with van der Waals surface area (Å²) in [6, 6.07) is 0. The van der Waals surface area contributed by atoms with Crippen molar-refractivity contribution in [1.82, 2.24) is 9.80 Å². The van der Waals surface area contributed by atoms with E-state index in [9.17, 15) is 35.9 Å². The quantitative estimate of drug-likeness (QED) is 0.0965. The molecule has 0 aromatic rings. The normalized spacial score (nSPS) is 18.6. The van der Waals surface area contributed by atoms with Crippen LogP contribution in [0.25, 0.3) is 0 Å². The van der Waals surface area contributed by atoms with E-state index in [2.05, 4.69) is 0 Å². The Morgan fingerprint density at radius 1 is 0.721 bits per heavy atom. The third-order valence-electron chi connectivity index (χ3n) is 5.93. The van der Waals surface area contributed by atoms with Crippen molar-refractivity contribution in [2.75, 3.05) is 39.4 Å². The largest absolute Gasteiger partial charge is 0.490 e. The van der Waals surface area contributed by atoms with Crippen molar-refractivity contribution in [1.29, 1.82) is 10.8 Å². The number of likely N-dealkylation sites (tertiary alicyclic amines) is 2. The molecular weight excluding hydrogens is 602 g/mol. The topological polar surface area (TPSA) is 233 Å². The standard InChI is InChI=1S/C19H34N6O4.2C2HF3O2/c20-18(21)24-8-2-4-14(10-24)12-28-16(26)6-1-7-17(27)29-13-15-5-3-9-25(11-15)19(22)23;2*3-2(4,5)1(6)7/h14-15H,1-13H2,(H3,20,21)(H3,22,23);2*(H,6,7). The number of hydrogen-bond acceptors (Lipinski definition) is 8. The maximum absolute atomic E-state index is 11.9. The predicted molar refractivity (Wildman–Crippen MR) is 136 cm³/mol. The molecule has 0 saturated carbocycles. The minimum Gasteiger partial charge on any atom is -0.475 e. The number of aliphatic carboxylic acids is 2. The van der Waals surface area contributed by atoms with Gasteiger partial charge in [0.25, 0.3) is 0 Å². The molecule has 2 atom stereocenters. The molecule has 0 amide bonds. The van der Waals surface area contributed by atoms with Gasteiger partial charge in [-0.2, -0.15) is 26.3 Å². The lowest BCUT2D eigenvalue weighted by Crippen LogP contribution is -2.44. The number of carboxylic acids is 2. The summed E-state index contributed by atoms with van der Waals surface area (Å²) in [6.07, 6.45) is -5.65. The van der Waals surface area contributed by atoms with Crippen LogP contribution in [0.1, 0.15) is 44.9 Å². The van der Waals surface area contributed by atoms with Crippen molar-refractivity contribution in [3.05, 3.63) is 0 Å². The molecule has 248 valence electrons. The second-order valence-corrected chi connectivity index (χ2v) is 9.50. The molecule has 0 aromatic carbocycles. The third kappa shape index (κ3) is 18.2. The van der Waals surface area contributed by atoms with Crippen molar-refractivity contribution in [2.24, 2.45) is 23.3 Å². The van der Waals surface area contributed by atoms with Gasteiger partial charge in [0.2, 0.25) is 0 Å². The van der Waals surface area contributed by atoms with E-state index in [0.717, 1.165) is 38.8 Å².